The van der Waals surface area contributed by atoms with Crippen LogP contribution in [0.3, 0.4) is 0 Å². The van der Waals surface area contributed by atoms with Crippen molar-refractivity contribution in [3.05, 3.63) is 179 Å². The molecule has 8 rings (SSSR count). The van der Waals surface area contributed by atoms with Gasteiger partial charge in [0.15, 0.2) is 25.0 Å². The zero-order chi connectivity index (χ0) is 51.5. The molecule has 0 saturated carbocycles. The molecule has 0 bridgehead atoms. The molecule has 3 heterocycles. The smallest absolute Gasteiger partial charge is 0.409 e. The van der Waals surface area contributed by atoms with Crippen molar-refractivity contribution in [2.24, 2.45) is 0 Å². The topological polar surface area (TPSA) is 131 Å². The second kappa shape index (κ2) is 27.8. The van der Waals surface area contributed by atoms with E-state index in [1.54, 1.807) is 12.0 Å². The van der Waals surface area contributed by atoms with Crippen LogP contribution in [0.4, 0.5) is 4.79 Å². The molecule has 3 aliphatic rings. The van der Waals surface area contributed by atoms with Gasteiger partial charge < -0.3 is 38.6 Å². The number of nitrogens with one attached hydrogen (secondary N) is 1. The van der Waals surface area contributed by atoms with Gasteiger partial charge in [-0.15, -0.1) is 0 Å². The van der Waals surface area contributed by atoms with Crippen LogP contribution >= 0.6 is 0 Å². The first-order valence-corrected chi connectivity index (χ1v) is 26.3. The fourth-order valence-corrected chi connectivity index (χ4v) is 10.4. The van der Waals surface area contributed by atoms with Crippen molar-refractivity contribution < 1.29 is 47.4 Å². The number of hydrogen-bond acceptors (Lipinski definition) is 11. The van der Waals surface area contributed by atoms with E-state index in [1.165, 1.54) is 18.2 Å². The van der Waals surface area contributed by atoms with Gasteiger partial charge in [0.25, 0.3) is 5.91 Å². The van der Waals surface area contributed by atoms with Crippen LogP contribution in [0.5, 0.6) is 0 Å². The number of likely N-dealkylation sites (tertiary alicyclic amines) is 3. The van der Waals surface area contributed by atoms with Gasteiger partial charge in [0, 0.05) is 91.9 Å². The van der Waals surface area contributed by atoms with Crippen LogP contribution in [0.2, 0.25) is 0 Å². The number of hydrogen-bond donors (Lipinski definition) is 1. The number of piperidine rings is 3. The summed E-state index contributed by atoms with van der Waals surface area (Å²) in [7, 11) is 5.29. The minimum atomic E-state index is -0.991. The summed E-state index contributed by atoms with van der Waals surface area (Å²) in [6, 6.07) is 48.0. The Bertz CT molecular complexity index is 2530. The van der Waals surface area contributed by atoms with Crippen LogP contribution in [0, 0.1) is 0 Å². The number of ether oxygens (including phenoxy) is 6. The number of benzene rings is 5. The van der Waals surface area contributed by atoms with Crippen LogP contribution in [0.25, 0.3) is 0 Å². The molecular formula is C60H74N5O9+. The van der Waals surface area contributed by atoms with Crippen LogP contribution in [-0.4, -0.2) is 135 Å². The van der Waals surface area contributed by atoms with Crippen LogP contribution in [0.1, 0.15) is 90.2 Å². The predicted octanol–water partition coefficient (Wildman–Crippen LogP) is 8.67. The maximum Gasteiger partial charge on any atom is 0.409 e. The third-order valence-corrected chi connectivity index (χ3v) is 14.6. The molecule has 74 heavy (non-hydrogen) atoms. The quantitative estimate of drug-likeness (QED) is 0.0249. The first-order valence-electron chi connectivity index (χ1n) is 26.3. The van der Waals surface area contributed by atoms with Crippen LogP contribution in [0.15, 0.2) is 146 Å². The van der Waals surface area contributed by atoms with Gasteiger partial charge in [0.1, 0.15) is 13.2 Å². The number of methoxy groups -OCH3 is 2. The highest BCUT2D eigenvalue weighted by Gasteiger charge is 2.36. The molecule has 14 nitrogen and oxygen atoms in total. The van der Waals surface area contributed by atoms with Gasteiger partial charge in [0.05, 0.1) is 6.61 Å². The molecule has 1 N–H and O–H groups in total. The molecule has 0 aromatic heterocycles. The molecule has 0 spiro atoms. The van der Waals surface area contributed by atoms with Crippen LogP contribution < -0.4 is 5.32 Å². The summed E-state index contributed by atoms with van der Waals surface area (Å²) in [5.41, 5.74) is 6.08. The number of carbonyl (C=O) groups excluding carboxylic acids is 3. The number of rotatable bonds is 21. The van der Waals surface area contributed by atoms with Gasteiger partial charge in [-0.25, -0.2) is 9.59 Å². The largest absolute Gasteiger partial charge is 0.460 e. The SMILES string of the molecule is CO[C@@H](C(=O)NC1CCN(C(=O)OCCc2ccccc2CN2CCC(OC(=O)[C@@H](OCOC([C@H](OC)c3ccccc3)=[N+](C)C3CCN(Cc4ccccc4)CC3)c3ccccc3)CC2)CC1)c1ccccc1. The molecule has 3 aliphatic heterocycles. The standard InChI is InChI=1S/C60H73N5O9/c1-62(52-30-35-63(36-31-52)42-45-18-8-4-9-19-45)58(55(70-3)48-23-12-6-13-24-48)73-44-72-56(49-25-14-7-15-26-49)59(67)74-53-32-37-64(38-33-53)43-50-27-17-16-20-46(50)34-41-71-60(68)65-39-28-51(29-40-65)61-57(66)54(69-2)47-21-10-5-11-22-47/h4-27,51-56H,28-44H2,1-3H3/p+1/t54-,55-,56+/m1/s1. The first-order chi connectivity index (χ1) is 36.3. The Morgan fingerprint density at radius 1 is 0.581 bits per heavy atom. The summed E-state index contributed by atoms with van der Waals surface area (Å²) in [6.07, 6.45) is 2.40. The summed E-state index contributed by atoms with van der Waals surface area (Å²) in [5, 5.41) is 3.10. The Morgan fingerprint density at radius 3 is 1.69 bits per heavy atom. The van der Waals surface area contributed by atoms with Crippen LogP contribution in [-0.2, 0) is 57.5 Å². The molecule has 3 saturated heterocycles. The molecule has 2 amide bonds. The maximum atomic E-state index is 14.1. The first kappa shape index (κ1) is 53.9. The lowest BCUT2D eigenvalue weighted by atomic mass is 10.0. The lowest BCUT2D eigenvalue weighted by molar-refractivity contribution is -0.554. The van der Waals surface area contributed by atoms with E-state index in [9.17, 15) is 14.4 Å². The van der Waals surface area contributed by atoms with E-state index in [2.05, 4.69) is 69.2 Å². The van der Waals surface area contributed by atoms with Crippen molar-refractivity contribution in [3.63, 3.8) is 0 Å². The normalized spacial score (nSPS) is 17.9. The Labute approximate surface area is 437 Å². The second-order valence-corrected chi connectivity index (χ2v) is 19.5. The predicted molar refractivity (Wildman–Crippen MR) is 283 cm³/mol. The average Bonchev–Trinajstić information content (AvgIpc) is 3.44. The van der Waals surface area contributed by atoms with Crippen molar-refractivity contribution in [1.29, 1.82) is 0 Å². The third kappa shape index (κ3) is 15.1. The van der Waals surface area contributed by atoms with E-state index < -0.39 is 24.3 Å². The summed E-state index contributed by atoms with van der Waals surface area (Å²) in [6.45, 7) is 6.17. The number of nitrogens with zero attached hydrogens (tertiary/aromatic N) is 4. The molecule has 3 fully saturated rings. The number of carbonyl (C=O) groups is 3. The van der Waals surface area contributed by atoms with E-state index in [1.807, 2.05) is 103 Å². The van der Waals surface area contributed by atoms with Crippen molar-refractivity contribution in [1.82, 2.24) is 20.0 Å². The van der Waals surface area contributed by atoms with Gasteiger partial charge in [-0.2, -0.15) is 4.58 Å². The minimum absolute atomic E-state index is 0.0478. The molecule has 0 unspecified atom stereocenters. The van der Waals surface area contributed by atoms with E-state index >= 15 is 0 Å². The average molecular weight is 1010 g/mol. The fourth-order valence-electron chi connectivity index (χ4n) is 10.4. The highest BCUT2D eigenvalue weighted by Crippen LogP contribution is 2.27. The monoisotopic (exact) mass is 1010 g/mol. The van der Waals surface area contributed by atoms with E-state index in [0.717, 1.165) is 68.8 Å². The lowest BCUT2D eigenvalue weighted by Crippen LogP contribution is -2.47. The lowest BCUT2D eigenvalue weighted by Gasteiger charge is -2.33. The summed E-state index contributed by atoms with van der Waals surface area (Å²) < 4.78 is 38.8. The summed E-state index contributed by atoms with van der Waals surface area (Å²) in [4.78, 5) is 46.8. The Hall–Kier alpha value is -6.42. The maximum absolute atomic E-state index is 14.1. The highest BCUT2D eigenvalue weighted by atomic mass is 16.7. The summed E-state index contributed by atoms with van der Waals surface area (Å²) >= 11 is 0. The van der Waals surface area contributed by atoms with E-state index in [4.69, 9.17) is 28.4 Å². The molecule has 392 valence electrons. The zero-order valence-corrected chi connectivity index (χ0v) is 43.3. The molecular weight excluding hydrogens is 935 g/mol. The molecule has 5 aromatic rings. The van der Waals surface area contributed by atoms with Gasteiger partial charge in [-0.05, 0) is 59.1 Å². The Morgan fingerprint density at radius 2 is 1.09 bits per heavy atom. The molecule has 0 radical (unpaired) electrons. The summed E-state index contributed by atoms with van der Waals surface area (Å²) in [5.74, 6) is 0.00775. The number of esters is 1. The molecule has 5 aromatic carbocycles. The van der Waals surface area contributed by atoms with Gasteiger partial charge in [-0.1, -0.05) is 146 Å². The molecule has 0 aliphatic carbocycles. The van der Waals surface area contributed by atoms with Crippen molar-refractivity contribution >= 4 is 23.9 Å². The fraction of sp³-hybridized carbons (Fsp3) is 0.433. The van der Waals surface area contributed by atoms with Gasteiger partial charge in [0.2, 0.25) is 6.10 Å². The zero-order valence-electron chi connectivity index (χ0n) is 43.3. The number of amides is 2. The Balaban J connectivity index is 0.804. The molecule has 3 atom stereocenters. The van der Waals surface area contributed by atoms with E-state index in [-0.39, 0.29) is 43.6 Å². The van der Waals surface area contributed by atoms with Crippen molar-refractivity contribution in [3.8, 4) is 0 Å². The highest BCUT2D eigenvalue weighted by molar-refractivity contribution is 5.82. The van der Waals surface area contributed by atoms with Crippen molar-refractivity contribution in [2.75, 3.05) is 73.9 Å². The van der Waals surface area contributed by atoms with Crippen molar-refractivity contribution in [2.45, 2.75) is 94.5 Å². The minimum Gasteiger partial charge on any atom is -0.460 e. The third-order valence-electron chi connectivity index (χ3n) is 14.6. The van der Waals surface area contributed by atoms with E-state index in [0.29, 0.717) is 56.7 Å². The molecule has 14 heteroatoms. The Kier molecular flexibility index (Phi) is 20.2. The van der Waals surface area contributed by atoms with Gasteiger partial charge in [-0.3, -0.25) is 14.6 Å². The second-order valence-electron chi connectivity index (χ2n) is 19.5. The van der Waals surface area contributed by atoms with Gasteiger partial charge >= 0.3 is 18.0 Å².